The monoisotopic (exact) mass is 334 g/mol. The second-order valence-electron chi connectivity index (χ2n) is 7.98. The Morgan fingerprint density at radius 3 is 2.33 bits per heavy atom. The maximum absolute atomic E-state index is 14.7. The minimum atomic E-state index is -0.669. The minimum Gasteiger partial charge on any atom is -0.493 e. The van der Waals surface area contributed by atoms with Gasteiger partial charge in [-0.15, -0.1) is 0 Å². The number of hydrogen-bond donors (Lipinski definition) is 0. The molecule has 0 N–H and O–H groups in total. The molecule has 1 aromatic carbocycles. The molecule has 2 fully saturated rings. The van der Waals surface area contributed by atoms with Crippen molar-refractivity contribution in [1.82, 2.24) is 0 Å². The van der Waals surface area contributed by atoms with Crippen molar-refractivity contribution in [3.05, 3.63) is 23.5 Å². The maximum Gasteiger partial charge on any atom is 0.497 e. The highest BCUT2D eigenvalue weighted by molar-refractivity contribution is 6.62. The SMILES string of the molecule is CCCCOc1cc(F)c(B2OC(C)(C)C(C)(C)O2)cc1C1CC1. The molecule has 0 amide bonds. The summed E-state index contributed by atoms with van der Waals surface area (Å²) in [6.07, 6.45) is 4.31. The molecule has 0 bridgehead atoms. The lowest BCUT2D eigenvalue weighted by Gasteiger charge is -2.32. The molecule has 1 saturated carbocycles. The number of rotatable bonds is 6. The van der Waals surface area contributed by atoms with E-state index >= 15 is 0 Å². The van der Waals surface area contributed by atoms with Crippen LogP contribution in [0.2, 0.25) is 0 Å². The predicted octanol–water partition coefficient (Wildman–Crippen LogP) is 4.18. The molecule has 0 aromatic heterocycles. The van der Waals surface area contributed by atoms with Crippen molar-refractivity contribution in [3.63, 3.8) is 0 Å². The molecule has 1 saturated heterocycles. The van der Waals surface area contributed by atoms with Gasteiger partial charge in [0, 0.05) is 11.5 Å². The number of unbranched alkanes of at least 4 members (excludes halogenated alkanes) is 1. The second kappa shape index (κ2) is 6.34. The smallest absolute Gasteiger partial charge is 0.493 e. The van der Waals surface area contributed by atoms with Gasteiger partial charge in [-0.1, -0.05) is 19.4 Å². The van der Waals surface area contributed by atoms with Crippen molar-refractivity contribution in [1.29, 1.82) is 0 Å². The molecule has 5 heteroatoms. The van der Waals surface area contributed by atoms with Gasteiger partial charge in [-0.05, 0) is 58.4 Å². The van der Waals surface area contributed by atoms with E-state index in [1.807, 2.05) is 33.8 Å². The average molecular weight is 334 g/mol. The largest absolute Gasteiger partial charge is 0.497 e. The number of benzene rings is 1. The molecular formula is C19H28BFO3. The zero-order valence-electron chi connectivity index (χ0n) is 15.4. The summed E-state index contributed by atoms with van der Waals surface area (Å²) in [5.74, 6) is 0.844. The van der Waals surface area contributed by atoms with Crippen molar-refractivity contribution in [2.45, 2.75) is 77.4 Å². The van der Waals surface area contributed by atoms with Crippen LogP contribution in [0, 0.1) is 5.82 Å². The Kier molecular flexibility index (Phi) is 4.69. The third-order valence-electron chi connectivity index (χ3n) is 5.41. The van der Waals surface area contributed by atoms with Crippen LogP contribution in [0.1, 0.15) is 71.8 Å². The Morgan fingerprint density at radius 1 is 1.17 bits per heavy atom. The van der Waals surface area contributed by atoms with Crippen LogP contribution in [0.25, 0.3) is 0 Å². The summed E-state index contributed by atoms with van der Waals surface area (Å²) in [5, 5.41) is 0. The molecule has 132 valence electrons. The fraction of sp³-hybridized carbons (Fsp3) is 0.684. The van der Waals surface area contributed by atoms with Crippen LogP contribution < -0.4 is 10.2 Å². The molecule has 0 unspecified atom stereocenters. The summed E-state index contributed by atoms with van der Waals surface area (Å²) < 4.78 is 32.6. The van der Waals surface area contributed by atoms with Crippen molar-refractivity contribution >= 4 is 12.6 Å². The Morgan fingerprint density at radius 2 is 1.79 bits per heavy atom. The summed E-state index contributed by atoms with van der Waals surface area (Å²) in [6, 6.07) is 3.42. The fourth-order valence-electron chi connectivity index (χ4n) is 2.90. The maximum atomic E-state index is 14.7. The first-order chi connectivity index (χ1) is 11.2. The van der Waals surface area contributed by atoms with E-state index < -0.39 is 18.3 Å². The van der Waals surface area contributed by atoms with Gasteiger partial charge in [0.15, 0.2) is 0 Å². The lowest BCUT2D eigenvalue weighted by Crippen LogP contribution is -2.41. The van der Waals surface area contributed by atoms with E-state index in [9.17, 15) is 4.39 Å². The molecule has 0 spiro atoms. The molecule has 0 atom stereocenters. The number of ether oxygens (including phenoxy) is 1. The van der Waals surface area contributed by atoms with E-state index in [1.165, 1.54) is 6.07 Å². The van der Waals surface area contributed by atoms with Crippen LogP contribution in [-0.2, 0) is 9.31 Å². The number of halogens is 1. The van der Waals surface area contributed by atoms with Crippen LogP contribution in [0.15, 0.2) is 12.1 Å². The molecule has 1 aliphatic carbocycles. The highest BCUT2D eigenvalue weighted by atomic mass is 19.1. The Bertz CT molecular complexity index is 595. The van der Waals surface area contributed by atoms with Gasteiger partial charge >= 0.3 is 7.12 Å². The first kappa shape index (κ1) is 17.7. The van der Waals surface area contributed by atoms with Crippen LogP contribution in [0.4, 0.5) is 4.39 Å². The first-order valence-electron chi connectivity index (χ1n) is 9.07. The third kappa shape index (κ3) is 3.34. The van der Waals surface area contributed by atoms with E-state index in [0.29, 0.717) is 23.7 Å². The van der Waals surface area contributed by atoms with Crippen LogP contribution in [0.5, 0.6) is 5.75 Å². The van der Waals surface area contributed by atoms with Crippen molar-refractivity contribution < 1.29 is 18.4 Å². The normalized spacial score (nSPS) is 22.0. The summed E-state index contributed by atoms with van der Waals surface area (Å²) in [6.45, 7) is 10.7. The van der Waals surface area contributed by atoms with Crippen LogP contribution in [0.3, 0.4) is 0 Å². The van der Waals surface area contributed by atoms with Gasteiger partial charge in [0.2, 0.25) is 0 Å². The Balaban J connectivity index is 1.88. The average Bonchev–Trinajstić information content (AvgIpc) is 3.27. The minimum absolute atomic E-state index is 0.315. The van der Waals surface area contributed by atoms with Crippen LogP contribution >= 0.6 is 0 Å². The number of hydrogen-bond acceptors (Lipinski definition) is 3. The van der Waals surface area contributed by atoms with Gasteiger partial charge in [0.25, 0.3) is 0 Å². The van der Waals surface area contributed by atoms with E-state index in [4.69, 9.17) is 14.0 Å². The quantitative estimate of drug-likeness (QED) is 0.577. The van der Waals surface area contributed by atoms with E-state index in [2.05, 4.69) is 6.92 Å². The summed E-state index contributed by atoms with van der Waals surface area (Å²) in [4.78, 5) is 0. The van der Waals surface area contributed by atoms with Crippen LogP contribution in [-0.4, -0.2) is 24.9 Å². The molecule has 1 heterocycles. The van der Waals surface area contributed by atoms with Gasteiger partial charge in [-0.2, -0.15) is 0 Å². The van der Waals surface area contributed by atoms with Gasteiger partial charge < -0.3 is 14.0 Å². The van der Waals surface area contributed by atoms with E-state index in [-0.39, 0.29) is 5.82 Å². The first-order valence-corrected chi connectivity index (χ1v) is 9.07. The molecule has 2 aliphatic rings. The Hall–Kier alpha value is -1.07. The van der Waals surface area contributed by atoms with Gasteiger partial charge in [0.05, 0.1) is 17.8 Å². The zero-order valence-corrected chi connectivity index (χ0v) is 15.4. The lowest BCUT2D eigenvalue weighted by molar-refractivity contribution is 0.00578. The van der Waals surface area contributed by atoms with Gasteiger partial charge in [-0.25, -0.2) is 4.39 Å². The third-order valence-corrected chi connectivity index (χ3v) is 5.41. The van der Waals surface area contributed by atoms with Crippen molar-refractivity contribution in [2.24, 2.45) is 0 Å². The highest BCUT2D eigenvalue weighted by Crippen LogP contribution is 2.45. The molecular weight excluding hydrogens is 306 g/mol. The highest BCUT2D eigenvalue weighted by Gasteiger charge is 2.52. The predicted molar refractivity (Wildman–Crippen MR) is 94.5 cm³/mol. The molecule has 24 heavy (non-hydrogen) atoms. The second-order valence-corrected chi connectivity index (χ2v) is 7.98. The summed E-state index contributed by atoms with van der Waals surface area (Å²) in [7, 11) is -0.669. The molecule has 1 aromatic rings. The molecule has 0 radical (unpaired) electrons. The molecule has 3 nitrogen and oxygen atoms in total. The van der Waals surface area contributed by atoms with E-state index in [1.54, 1.807) is 0 Å². The van der Waals surface area contributed by atoms with Gasteiger partial charge in [-0.3, -0.25) is 0 Å². The summed E-state index contributed by atoms with van der Waals surface area (Å²) in [5.41, 5.74) is 0.635. The lowest BCUT2D eigenvalue weighted by atomic mass is 9.77. The Labute approximate surface area is 145 Å². The van der Waals surface area contributed by atoms with Crippen molar-refractivity contribution in [3.8, 4) is 5.75 Å². The molecule has 1 aliphatic heterocycles. The fourth-order valence-corrected chi connectivity index (χ4v) is 2.90. The van der Waals surface area contributed by atoms with E-state index in [0.717, 1.165) is 31.2 Å². The zero-order chi connectivity index (χ0) is 17.5. The standard InChI is InChI=1S/C19H28BFO3/c1-6-7-10-22-17-12-16(21)15(11-14(17)13-8-9-13)20-23-18(2,3)19(4,5)24-20/h11-13H,6-10H2,1-5H3. The topological polar surface area (TPSA) is 27.7 Å². The van der Waals surface area contributed by atoms with Gasteiger partial charge in [0.1, 0.15) is 11.6 Å². The molecule has 3 rings (SSSR count). The summed E-state index contributed by atoms with van der Waals surface area (Å²) >= 11 is 0. The van der Waals surface area contributed by atoms with Crippen molar-refractivity contribution in [2.75, 3.05) is 6.61 Å².